The number of amides is 1. The third kappa shape index (κ3) is 2.39. The van der Waals surface area contributed by atoms with E-state index in [4.69, 9.17) is 5.73 Å². The molecule has 0 radical (unpaired) electrons. The highest BCUT2D eigenvalue weighted by molar-refractivity contribution is 7.21. The summed E-state index contributed by atoms with van der Waals surface area (Å²) in [5, 5.41) is 0.943. The Bertz CT molecular complexity index is 707. The normalized spacial score (nSPS) is 19.2. The number of rotatable bonds is 1. The molecule has 3 heterocycles. The largest absolute Gasteiger partial charge is 0.397 e. The molecule has 21 heavy (non-hydrogen) atoms. The highest BCUT2D eigenvalue weighted by atomic mass is 32.1. The highest BCUT2D eigenvalue weighted by Gasteiger charge is 2.28. The van der Waals surface area contributed by atoms with Crippen LogP contribution in [-0.4, -0.2) is 28.4 Å². The minimum absolute atomic E-state index is 0.0692. The lowest BCUT2D eigenvalue weighted by atomic mass is 10.0. The van der Waals surface area contributed by atoms with Crippen LogP contribution < -0.4 is 5.73 Å². The molecule has 1 amide bonds. The summed E-state index contributed by atoms with van der Waals surface area (Å²) >= 11 is 1.43. The molecule has 1 aliphatic heterocycles. The summed E-state index contributed by atoms with van der Waals surface area (Å²) < 4.78 is 0. The molecule has 2 aromatic rings. The van der Waals surface area contributed by atoms with E-state index in [-0.39, 0.29) is 5.91 Å². The number of hydrogen-bond donors (Lipinski definition) is 1. The molecule has 1 atom stereocenters. The maximum Gasteiger partial charge on any atom is 0.266 e. The number of pyridine rings is 1. The van der Waals surface area contributed by atoms with E-state index in [1.165, 1.54) is 17.8 Å². The fraction of sp³-hybridized carbons (Fsp3) is 0.500. The SMILES string of the molecule is Cc1cc(C)c2c(N)c(C(=O)N3CCCC[C@H]3C)sc2n1. The van der Waals surface area contributed by atoms with Crippen LogP contribution in [0.15, 0.2) is 6.07 Å². The lowest BCUT2D eigenvalue weighted by Gasteiger charge is -2.33. The number of anilines is 1. The summed E-state index contributed by atoms with van der Waals surface area (Å²) in [6, 6.07) is 2.31. The van der Waals surface area contributed by atoms with E-state index in [1.54, 1.807) is 0 Å². The average molecular weight is 303 g/mol. The number of thiophene rings is 1. The topological polar surface area (TPSA) is 59.2 Å². The number of nitrogens with zero attached hydrogens (tertiary/aromatic N) is 2. The fourth-order valence-corrected chi connectivity index (χ4v) is 4.33. The molecule has 0 aromatic carbocycles. The van der Waals surface area contributed by atoms with Crippen molar-refractivity contribution in [2.75, 3.05) is 12.3 Å². The van der Waals surface area contributed by atoms with Crippen LogP contribution in [0.25, 0.3) is 10.2 Å². The van der Waals surface area contributed by atoms with Gasteiger partial charge in [0.2, 0.25) is 0 Å². The molecule has 0 spiro atoms. The number of nitrogen functional groups attached to an aromatic ring is 1. The van der Waals surface area contributed by atoms with Gasteiger partial charge in [0.1, 0.15) is 9.71 Å². The third-order valence-electron chi connectivity index (χ3n) is 4.28. The molecular formula is C16H21N3OS. The van der Waals surface area contributed by atoms with E-state index in [0.717, 1.165) is 40.9 Å². The van der Waals surface area contributed by atoms with Gasteiger partial charge in [0.15, 0.2) is 0 Å². The molecule has 0 aliphatic carbocycles. The first-order valence-corrected chi connectivity index (χ1v) is 8.28. The number of carbonyl (C=O) groups excluding carboxylic acids is 1. The van der Waals surface area contributed by atoms with Crippen LogP contribution >= 0.6 is 11.3 Å². The van der Waals surface area contributed by atoms with Gasteiger partial charge in [-0.05, 0) is 51.7 Å². The van der Waals surface area contributed by atoms with Gasteiger partial charge in [0.05, 0.1) is 5.69 Å². The minimum Gasteiger partial charge on any atom is -0.397 e. The second-order valence-electron chi connectivity index (χ2n) is 5.95. The fourth-order valence-electron chi connectivity index (χ4n) is 3.16. The molecule has 0 bridgehead atoms. The first-order chi connectivity index (χ1) is 9.99. The molecular weight excluding hydrogens is 282 g/mol. The van der Waals surface area contributed by atoms with Gasteiger partial charge < -0.3 is 10.6 Å². The second-order valence-corrected chi connectivity index (χ2v) is 6.95. The van der Waals surface area contributed by atoms with E-state index >= 15 is 0 Å². The van der Waals surface area contributed by atoms with Crippen molar-refractivity contribution in [3.8, 4) is 0 Å². The monoisotopic (exact) mass is 303 g/mol. The Kier molecular flexibility index (Phi) is 3.61. The van der Waals surface area contributed by atoms with Gasteiger partial charge in [-0.3, -0.25) is 4.79 Å². The van der Waals surface area contributed by atoms with Crippen molar-refractivity contribution >= 4 is 33.1 Å². The van der Waals surface area contributed by atoms with Gasteiger partial charge in [0, 0.05) is 23.7 Å². The molecule has 3 rings (SSSR count). The van der Waals surface area contributed by atoms with Crippen LogP contribution in [-0.2, 0) is 0 Å². The smallest absolute Gasteiger partial charge is 0.266 e. The molecule has 0 saturated carbocycles. The van der Waals surface area contributed by atoms with E-state index in [0.29, 0.717) is 16.6 Å². The van der Waals surface area contributed by atoms with E-state index in [1.807, 2.05) is 24.8 Å². The molecule has 1 aliphatic rings. The summed E-state index contributed by atoms with van der Waals surface area (Å²) in [4.78, 5) is 20.8. The molecule has 2 N–H and O–H groups in total. The number of carbonyl (C=O) groups is 1. The van der Waals surface area contributed by atoms with Crippen LogP contribution in [0, 0.1) is 13.8 Å². The Hall–Kier alpha value is -1.62. The Balaban J connectivity index is 2.06. The predicted octanol–water partition coefficient (Wildman–Crippen LogP) is 3.51. The zero-order valence-electron chi connectivity index (χ0n) is 12.8. The summed E-state index contributed by atoms with van der Waals surface area (Å²) in [5.74, 6) is 0.0692. The first kappa shape index (κ1) is 14.3. The zero-order valence-corrected chi connectivity index (χ0v) is 13.6. The van der Waals surface area contributed by atoms with Gasteiger partial charge in [-0.25, -0.2) is 4.98 Å². The Morgan fingerprint density at radius 3 is 2.90 bits per heavy atom. The number of aryl methyl sites for hydroxylation is 2. The number of aromatic nitrogens is 1. The molecule has 1 saturated heterocycles. The first-order valence-electron chi connectivity index (χ1n) is 7.46. The quantitative estimate of drug-likeness (QED) is 0.877. The van der Waals surface area contributed by atoms with Crippen molar-refractivity contribution in [1.82, 2.24) is 9.88 Å². The zero-order chi connectivity index (χ0) is 15.1. The summed E-state index contributed by atoms with van der Waals surface area (Å²) in [6.45, 7) is 6.95. The molecule has 5 heteroatoms. The van der Waals surface area contributed by atoms with Gasteiger partial charge >= 0.3 is 0 Å². The van der Waals surface area contributed by atoms with Crippen LogP contribution in [0.5, 0.6) is 0 Å². The van der Waals surface area contributed by atoms with Crippen LogP contribution in [0.4, 0.5) is 5.69 Å². The molecule has 112 valence electrons. The summed E-state index contributed by atoms with van der Waals surface area (Å²) in [5.41, 5.74) is 8.92. The predicted molar refractivity (Wildman–Crippen MR) is 87.9 cm³/mol. The Morgan fingerprint density at radius 2 is 2.19 bits per heavy atom. The van der Waals surface area contributed by atoms with Crippen molar-refractivity contribution in [3.05, 3.63) is 22.2 Å². The Morgan fingerprint density at radius 1 is 1.43 bits per heavy atom. The average Bonchev–Trinajstić information content (AvgIpc) is 2.75. The van der Waals surface area contributed by atoms with Crippen molar-refractivity contribution < 1.29 is 4.79 Å². The standard InChI is InChI=1S/C16H21N3OS/c1-9-8-10(2)18-15-12(9)13(17)14(21-15)16(20)19-7-5-4-6-11(19)3/h8,11H,4-7,17H2,1-3H3/t11-/m1/s1. The second kappa shape index (κ2) is 5.30. The van der Waals surface area contributed by atoms with Crippen molar-refractivity contribution in [2.24, 2.45) is 0 Å². The van der Waals surface area contributed by atoms with Crippen LogP contribution in [0.2, 0.25) is 0 Å². The number of hydrogen-bond acceptors (Lipinski definition) is 4. The molecule has 2 aromatic heterocycles. The van der Waals surface area contributed by atoms with Gasteiger partial charge in [-0.15, -0.1) is 11.3 Å². The van der Waals surface area contributed by atoms with Gasteiger partial charge in [-0.1, -0.05) is 0 Å². The van der Waals surface area contributed by atoms with E-state index in [2.05, 4.69) is 11.9 Å². The molecule has 1 fully saturated rings. The lowest BCUT2D eigenvalue weighted by molar-refractivity contribution is 0.0642. The highest BCUT2D eigenvalue weighted by Crippen LogP contribution is 2.36. The van der Waals surface area contributed by atoms with Crippen molar-refractivity contribution in [2.45, 2.75) is 46.1 Å². The lowest BCUT2D eigenvalue weighted by Crippen LogP contribution is -2.41. The van der Waals surface area contributed by atoms with Gasteiger partial charge in [-0.2, -0.15) is 0 Å². The summed E-state index contributed by atoms with van der Waals surface area (Å²) in [6.07, 6.45) is 3.36. The van der Waals surface area contributed by atoms with Crippen molar-refractivity contribution in [3.63, 3.8) is 0 Å². The molecule has 0 unspecified atom stereocenters. The van der Waals surface area contributed by atoms with Crippen molar-refractivity contribution in [1.29, 1.82) is 0 Å². The number of fused-ring (bicyclic) bond motifs is 1. The maximum atomic E-state index is 12.8. The summed E-state index contributed by atoms with van der Waals surface area (Å²) in [7, 11) is 0. The maximum absolute atomic E-state index is 12.8. The van der Waals surface area contributed by atoms with Crippen LogP contribution in [0.3, 0.4) is 0 Å². The number of nitrogens with two attached hydrogens (primary N) is 1. The van der Waals surface area contributed by atoms with Gasteiger partial charge in [0.25, 0.3) is 5.91 Å². The molecule has 4 nitrogen and oxygen atoms in total. The van der Waals surface area contributed by atoms with E-state index in [9.17, 15) is 4.79 Å². The minimum atomic E-state index is 0.0692. The van der Waals surface area contributed by atoms with E-state index < -0.39 is 0 Å². The Labute approximate surface area is 129 Å². The number of likely N-dealkylation sites (tertiary alicyclic amines) is 1. The van der Waals surface area contributed by atoms with Crippen LogP contribution in [0.1, 0.15) is 47.1 Å². The third-order valence-corrected chi connectivity index (χ3v) is 5.37. The number of piperidine rings is 1.